The van der Waals surface area contributed by atoms with Crippen LogP contribution < -0.4 is 10.9 Å². The Morgan fingerprint density at radius 1 is 1.18 bits per heavy atom. The van der Waals surface area contributed by atoms with Crippen molar-refractivity contribution in [2.75, 3.05) is 19.6 Å². The number of amides is 1. The zero-order valence-electron chi connectivity index (χ0n) is 21.0. The van der Waals surface area contributed by atoms with Crippen LogP contribution in [0.4, 0.5) is 22.0 Å². The number of para-hydroxylation sites is 1. The second-order valence-corrected chi connectivity index (χ2v) is 10.6. The molecule has 206 valence electrons. The molecule has 2 N–H and O–H groups in total. The number of aryl methyl sites for hydroxylation is 1. The first-order valence-corrected chi connectivity index (χ1v) is 13.1. The molecule has 0 atom stereocenters. The average molecular weight is 557 g/mol. The van der Waals surface area contributed by atoms with Gasteiger partial charge in [-0.2, -0.15) is 22.0 Å². The fraction of sp³-hybridized carbons (Fsp3) is 0.462. The second kappa shape index (κ2) is 11.5. The topological polar surface area (TPSA) is 70.1 Å². The number of piperidine rings is 1. The molecule has 0 bridgehead atoms. The fourth-order valence-electron chi connectivity index (χ4n) is 5.10. The summed E-state index contributed by atoms with van der Waals surface area (Å²) in [6.07, 6.45) is -2.99. The molecule has 1 fully saturated rings. The number of aromatic nitrogens is 2. The minimum atomic E-state index is -4.22. The molecule has 0 saturated carbocycles. The molecule has 4 rings (SSSR count). The molecule has 0 unspecified atom stereocenters. The van der Waals surface area contributed by atoms with Gasteiger partial charge in [0.05, 0.1) is 17.7 Å². The highest BCUT2D eigenvalue weighted by Crippen LogP contribution is 2.31. The first-order valence-electron chi connectivity index (χ1n) is 12.3. The third-order valence-corrected chi connectivity index (χ3v) is 7.68. The van der Waals surface area contributed by atoms with Gasteiger partial charge >= 0.3 is 6.18 Å². The molecule has 1 saturated heterocycles. The summed E-state index contributed by atoms with van der Waals surface area (Å²) >= 11 is 0.259. The molecule has 0 aliphatic carbocycles. The Hall–Kier alpha value is -2.86. The lowest BCUT2D eigenvalue weighted by atomic mass is 9.96. The maximum atomic E-state index is 13.3. The Morgan fingerprint density at radius 2 is 1.87 bits per heavy atom. The summed E-state index contributed by atoms with van der Waals surface area (Å²) < 4.78 is 66.3. The number of pyridine rings is 1. The zero-order chi connectivity index (χ0) is 27.6. The Morgan fingerprint density at radius 3 is 2.53 bits per heavy atom. The molecule has 38 heavy (non-hydrogen) atoms. The van der Waals surface area contributed by atoms with Gasteiger partial charge in [-0.25, -0.2) is 0 Å². The molecule has 1 aromatic carbocycles. The average Bonchev–Trinajstić information content (AvgIpc) is 3.09. The summed E-state index contributed by atoms with van der Waals surface area (Å²) in [4.78, 5) is 29.9. The number of thioether (sulfide) groups is 1. The van der Waals surface area contributed by atoms with E-state index in [-0.39, 0.29) is 34.7 Å². The number of carbonyl (C=O) groups excluding carboxylic acids is 1. The van der Waals surface area contributed by atoms with Gasteiger partial charge in [0, 0.05) is 40.3 Å². The minimum Gasteiger partial charge on any atom is -0.348 e. The van der Waals surface area contributed by atoms with Crippen molar-refractivity contribution in [1.29, 1.82) is 0 Å². The van der Waals surface area contributed by atoms with Gasteiger partial charge in [-0.05, 0) is 57.8 Å². The first kappa shape index (κ1) is 28.2. The lowest BCUT2D eigenvalue weighted by Gasteiger charge is -2.32. The standard InChI is InChI=1S/C26H29F5N4O2S/c1-15-11-21(38-25(27)28)19(23(36)33-15)12-32-24(37)22-16(2)35(20-6-4-3-5-18(20)22)13-17-7-9-34(10-8-17)14-26(29,30)31/h3-6,11,17,25H,7-10,12-14H2,1-2H3,(H,32,37)(H,33,36). The quantitative estimate of drug-likeness (QED) is 0.285. The van der Waals surface area contributed by atoms with Crippen molar-refractivity contribution in [3.63, 3.8) is 0 Å². The van der Waals surface area contributed by atoms with Gasteiger partial charge in [0.25, 0.3) is 17.2 Å². The summed E-state index contributed by atoms with van der Waals surface area (Å²) in [5, 5.41) is 3.43. The van der Waals surface area contributed by atoms with Crippen LogP contribution in [0.3, 0.4) is 0 Å². The fourth-order valence-corrected chi connectivity index (χ4v) is 5.85. The van der Waals surface area contributed by atoms with Crippen molar-refractivity contribution in [3.05, 3.63) is 63.2 Å². The van der Waals surface area contributed by atoms with E-state index >= 15 is 0 Å². The summed E-state index contributed by atoms with van der Waals surface area (Å²) in [5.74, 6) is -3.00. The lowest BCUT2D eigenvalue weighted by Crippen LogP contribution is -2.40. The van der Waals surface area contributed by atoms with Crippen LogP contribution in [-0.2, 0) is 13.1 Å². The number of nitrogens with zero attached hydrogens (tertiary/aromatic N) is 2. The Kier molecular flexibility index (Phi) is 8.51. The maximum Gasteiger partial charge on any atom is 0.401 e. The van der Waals surface area contributed by atoms with Crippen molar-refractivity contribution in [3.8, 4) is 0 Å². The Bertz CT molecular complexity index is 1360. The predicted molar refractivity (Wildman–Crippen MR) is 137 cm³/mol. The van der Waals surface area contributed by atoms with Crippen LogP contribution >= 0.6 is 11.8 Å². The van der Waals surface area contributed by atoms with E-state index in [1.807, 2.05) is 29.7 Å². The minimum absolute atomic E-state index is 0.0567. The van der Waals surface area contributed by atoms with Crippen LogP contribution in [0.5, 0.6) is 0 Å². The molecule has 2 aromatic heterocycles. The van der Waals surface area contributed by atoms with E-state index in [1.165, 1.54) is 11.0 Å². The van der Waals surface area contributed by atoms with E-state index in [0.29, 0.717) is 54.8 Å². The number of benzene rings is 1. The second-order valence-electron chi connectivity index (χ2n) is 9.61. The highest BCUT2D eigenvalue weighted by molar-refractivity contribution is 7.99. The molecule has 12 heteroatoms. The lowest BCUT2D eigenvalue weighted by molar-refractivity contribution is -0.148. The van der Waals surface area contributed by atoms with Crippen LogP contribution in [0.25, 0.3) is 10.9 Å². The number of likely N-dealkylation sites (tertiary alicyclic amines) is 1. The van der Waals surface area contributed by atoms with Gasteiger partial charge in [-0.3, -0.25) is 14.5 Å². The summed E-state index contributed by atoms with van der Waals surface area (Å²) in [7, 11) is 0. The first-order chi connectivity index (χ1) is 17.9. The van der Waals surface area contributed by atoms with Crippen molar-refractivity contribution in [2.24, 2.45) is 5.92 Å². The summed E-state index contributed by atoms with van der Waals surface area (Å²) in [6.45, 7) is 3.56. The molecular formula is C26H29F5N4O2S. The van der Waals surface area contributed by atoms with E-state index in [1.54, 1.807) is 13.0 Å². The number of H-pyrrole nitrogens is 1. The van der Waals surface area contributed by atoms with E-state index in [0.717, 1.165) is 5.52 Å². The molecule has 0 radical (unpaired) electrons. The van der Waals surface area contributed by atoms with Gasteiger partial charge < -0.3 is 14.9 Å². The van der Waals surface area contributed by atoms with E-state index < -0.39 is 29.9 Å². The molecule has 1 aliphatic rings. The number of carbonyl (C=O) groups is 1. The highest BCUT2D eigenvalue weighted by Gasteiger charge is 2.33. The molecule has 1 aliphatic heterocycles. The number of alkyl halides is 5. The maximum absolute atomic E-state index is 13.3. The predicted octanol–water partition coefficient (Wildman–Crippen LogP) is 5.47. The number of aromatic amines is 1. The summed E-state index contributed by atoms with van der Waals surface area (Å²) in [5.41, 5.74) is 1.90. The third kappa shape index (κ3) is 6.58. The number of halogens is 5. The molecule has 1 amide bonds. The normalized spacial score (nSPS) is 15.5. The van der Waals surface area contributed by atoms with Gasteiger partial charge in [0.15, 0.2) is 0 Å². The number of hydrogen-bond donors (Lipinski definition) is 2. The smallest absolute Gasteiger partial charge is 0.348 e. The van der Waals surface area contributed by atoms with E-state index in [2.05, 4.69) is 10.3 Å². The van der Waals surface area contributed by atoms with Gasteiger partial charge in [0.1, 0.15) is 0 Å². The number of fused-ring (bicyclic) bond motifs is 1. The molecule has 6 nitrogen and oxygen atoms in total. The molecular weight excluding hydrogens is 527 g/mol. The van der Waals surface area contributed by atoms with Crippen LogP contribution in [0.2, 0.25) is 0 Å². The Balaban J connectivity index is 1.53. The van der Waals surface area contributed by atoms with Crippen molar-refractivity contribution < 1.29 is 26.7 Å². The molecule has 3 heterocycles. The van der Waals surface area contributed by atoms with E-state index in [9.17, 15) is 31.5 Å². The van der Waals surface area contributed by atoms with Crippen molar-refractivity contribution >= 4 is 28.6 Å². The van der Waals surface area contributed by atoms with Gasteiger partial charge in [-0.15, -0.1) is 0 Å². The van der Waals surface area contributed by atoms with Gasteiger partial charge in [-0.1, -0.05) is 30.0 Å². The Labute approximate surface area is 220 Å². The SMILES string of the molecule is Cc1cc(SC(F)F)c(CNC(=O)c2c(C)n(CC3CCN(CC(F)(F)F)CC3)c3ccccc23)c(=O)[nH]1. The van der Waals surface area contributed by atoms with Crippen molar-refractivity contribution in [1.82, 2.24) is 19.8 Å². The van der Waals surface area contributed by atoms with Crippen LogP contribution in [0, 0.1) is 19.8 Å². The van der Waals surface area contributed by atoms with Crippen LogP contribution in [0.15, 0.2) is 40.0 Å². The van der Waals surface area contributed by atoms with Crippen LogP contribution in [0.1, 0.15) is 40.2 Å². The molecule has 0 spiro atoms. The monoisotopic (exact) mass is 556 g/mol. The number of rotatable bonds is 8. The molecule has 3 aromatic rings. The summed E-state index contributed by atoms with van der Waals surface area (Å²) in [6, 6.07) is 8.82. The van der Waals surface area contributed by atoms with Crippen molar-refractivity contribution in [2.45, 2.75) is 56.6 Å². The number of hydrogen-bond acceptors (Lipinski definition) is 4. The highest BCUT2D eigenvalue weighted by atomic mass is 32.2. The van der Waals surface area contributed by atoms with E-state index in [4.69, 9.17) is 0 Å². The number of nitrogens with one attached hydrogen (secondary N) is 2. The third-order valence-electron chi connectivity index (χ3n) is 6.88. The van der Waals surface area contributed by atoms with Crippen LogP contribution in [-0.4, -0.2) is 51.9 Å². The zero-order valence-corrected chi connectivity index (χ0v) is 21.8. The largest absolute Gasteiger partial charge is 0.401 e. The van der Waals surface area contributed by atoms with Gasteiger partial charge in [0.2, 0.25) is 0 Å².